The molecule has 1 rings (SSSR count). The molecule has 0 N–H and O–H groups in total. The molecule has 0 spiro atoms. The van der Waals surface area contributed by atoms with Crippen LogP contribution in [0.1, 0.15) is 31.9 Å². The summed E-state index contributed by atoms with van der Waals surface area (Å²) in [4.78, 5) is 43.5. The van der Waals surface area contributed by atoms with E-state index in [2.05, 4.69) is 91.5 Å². The second kappa shape index (κ2) is 31.6. The third kappa shape index (κ3) is 39.3. The lowest BCUT2D eigenvalue weighted by Gasteiger charge is -2.14. The summed E-state index contributed by atoms with van der Waals surface area (Å²) < 4.78 is 12.6. The van der Waals surface area contributed by atoms with E-state index in [0.717, 1.165) is 23.6 Å². The Morgan fingerprint density at radius 3 is 1.28 bits per heavy atom. The third-order valence-corrected chi connectivity index (χ3v) is 4.11. The lowest BCUT2D eigenvalue weighted by molar-refractivity contribution is -0.136. The molecule has 0 heterocycles. The van der Waals surface area contributed by atoms with Gasteiger partial charge in [0, 0.05) is 52.5 Å². The van der Waals surface area contributed by atoms with E-state index in [1.54, 1.807) is 21.0 Å². The monoisotopic (exact) mass is 600 g/mol. The molecule has 43 heavy (non-hydrogen) atoms. The first-order chi connectivity index (χ1) is 19.8. The number of likely N-dealkylation sites (N-methyl/N-ethyl adjacent to an activating group) is 2. The van der Waals surface area contributed by atoms with E-state index in [4.69, 9.17) is 0 Å². The summed E-state index contributed by atoms with van der Waals surface area (Å²) in [5.74, 6) is -1.12. The molecule has 0 aliphatic rings. The van der Waals surface area contributed by atoms with Crippen molar-refractivity contribution >= 4 is 29.9 Å². The van der Waals surface area contributed by atoms with Crippen LogP contribution in [0, 0.1) is 6.92 Å². The van der Waals surface area contributed by atoms with Gasteiger partial charge in [-0.1, -0.05) is 82.0 Å². The number of hydrogen-bond acceptors (Lipinski definition) is 8. The van der Waals surface area contributed by atoms with Gasteiger partial charge in [-0.3, -0.25) is 9.59 Å². The molecular weight excluding hydrogens is 548 g/mol. The van der Waals surface area contributed by atoms with E-state index in [-0.39, 0.29) is 17.8 Å². The highest BCUT2D eigenvalue weighted by atomic mass is 16.5. The number of carbonyl (C=O) groups excluding carboxylic acids is 4. The van der Waals surface area contributed by atoms with Crippen molar-refractivity contribution < 1.29 is 33.4 Å². The van der Waals surface area contributed by atoms with Crippen molar-refractivity contribution in [3.63, 3.8) is 0 Å². The highest BCUT2D eigenvalue weighted by Crippen LogP contribution is 2.04. The maximum Gasteiger partial charge on any atom is 0.332 e. The van der Waals surface area contributed by atoms with Gasteiger partial charge in [-0.05, 0) is 38.0 Å². The van der Waals surface area contributed by atoms with E-state index >= 15 is 0 Å². The number of ether oxygens (including phenoxy) is 3. The molecule has 0 atom stereocenters. The molecule has 0 unspecified atom stereocenters. The molecule has 0 aliphatic carbocycles. The Hall–Kier alpha value is -4.92. The van der Waals surface area contributed by atoms with Crippen molar-refractivity contribution in [1.29, 1.82) is 0 Å². The van der Waals surface area contributed by atoms with Gasteiger partial charge in [-0.2, -0.15) is 0 Å². The Kier molecular flexibility index (Phi) is 35.2. The van der Waals surface area contributed by atoms with Crippen LogP contribution in [0.5, 0.6) is 0 Å². The Labute approximate surface area is 259 Å². The molecular formula is C34H52N2O7. The molecule has 0 saturated carbocycles. The Bertz CT molecular complexity index is 1050. The van der Waals surface area contributed by atoms with Gasteiger partial charge >= 0.3 is 17.9 Å². The minimum absolute atomic E-state index is 0.0556. The van der Waals surface area contributed by atoms with E-state index < -0.39 is 5.97 Å². The number of benzene rings is 1. The van der Waals surface area contributed by atoms with Gasteiger partial charge in [-0.25, -0.2) is 9.59 Å². The van der Waals surface area contributed by atoms with Gasteiger partial charge in [0.1, 0.15) is 0 Å². The zero-order chi connectivity index (χ0) is 35.1. The number of amides is 1. The molecule has 1 aromatic rings. The van der Waals surface area contributed by atoms with Crippen LogP contribution >= 0.6 is 0 Å². The minimum atomic E-state index is -0.394. The number of rotatable bonds is 7. The number of nitrogens with zero attached hydrogens (tertiary/aromatic N) is 2. The standard InChI is InChI=1S/C9H10.C7H13N.C5H9NO.C5H8O2.2C4H6O2/c1-3-9-6-4-8(2)5-7-9;1-6(2)7(3)8(4)5;1-4-5(7)6(2)3;1-4(2)5(6)7-3;1-3-4(5)6-2;1-3-6-4(2)5/h3-7H,1H2,2H3;1,3H2,2,4-5H3;4H,1H2,2-3H3;1H2,2-3H3;2*3H,1H2,2H3. The zero-order valence-electron chi connectivity index (χ0n) is 27.8. The van der Waals surface area contributed by atoms with Crippen LogP contribution in [0.25, 0.3) is 6.08 Å². The molecule has 9 heteroatoms. The van der Waals surface area contributed by atoms with E-state index in [1.807, 2.05) is 32.0 Å². The predicted molar refractivity (Wildman–Crippen MR) is 179 cm³/mol. The molecule has 1 aromatic carbocycles. The fourth-order valence-electron chi connectivity index (χ4n) is 1.64. The topological polar surface area (TPSA) is 102 Å². The van der Waals surface area contributed by atoms with E-state index in [1.165, 1.54) is 43.2 Å². The fraction of sp³-hybridized carbons (Fsp3) is 0.294. The number of hydrogen-bond donors (Lipinski definition) is 0. The smallest absolute Gasteiger partial charge is 0.332 e. The van der Waals surface area contributed by atoms with Gasteiger partial charge in [-0.15, -0.1) is 0 Å². The van der Waals surface area contributed by atoms with Crippen molar-refractivity contribution in [2.24, 2.45) is 0 Å². The third-order valence-electron chi connectivity index (χ3n) is 4.11. The number of carbonyl (C=O) groups is 4. The van der Waals surface area contributed by atoms with Crippen LogP contribution in [0.3, 0.4) is 0 Å². The quantitative estimate of drug-likeness (QED) is 0.118. The molecule has 0 saturated heterocycles. The van der Waals surface area contributed by atoms with Crippen molar-refractivity contribution in [2.45, 2.75) is 27.7 Å². The molecule has 0 bridgehead atoms. The highest BCUT2D eigenvalue weighted by Gasteiger charge is 1.95. The Balaban J connectivity index is -0.000000135. The first-order valence-electron chi connectivity index (χ1n) is 12.6. The van der Waals surface area contributed by atoms with Gasteiger partial charge in [0.15, 0.2) is 0 Å². The van der Waals surface area contributed by atoms with Crippen LogP contribution < -0.4 is 0 Å². The summed E-state index contributed by atoms with van der Waals surface area (Å²) in [6.45, 7) is 31.1. The average Bonchev–Trinajstić information content (AvgIpc) is 2.97. The van der Waals surface area contributed by atoms with Gasteiger partial charge in [0.2, 0.25) is 5.91 Å². The number of methoxy groups -OCH3 is 2. The van der Waals surface area contributed by atoms with Crippen molar-refractivity contribution in [3.8, 4) is 0 Å². The largest absolute Gasteiger partial charge is 0.466 e. The maximum absolute atomic E-state index is 10.3. The summed E-state index contributed by atoms with van der Waals surface area (Å²) in [6, 6.07) is 8.28. The van der Waals surface area contributed by atoms with Crippen LogP contribution in [0.4, 0.5) is 0 Å². The number of allylic oxidation sites excluding steroid dienone is 1. The summed E-state index contributed by atoms with van der Waals surface area (Å²) in [5, 5.41) is 0. The summed E-state index contributed by atoms with van der Waals surface area (Å²) in [5.41, 5.74) is 4.92. The molecule has 0 aliphatic heterocycles. The van der Waals surface area contributed by atoms with Crippen molar-refractivity contribution in [1.82, 2.24) is 9.80 Å². The van der Waals surface area contributed by atoms with Gasteiger partial charge in [0.25, 0.3) is 0 Å². The molecule has 0 radical (unpaired) electrons. The lowest BCUT2D eigenvalue weighted by atomic mass is 10.2. The SMILES string of the molecule is C=C(C)C(=C)N(C)C.C=C(C)C(=O)OC.C=CC(=O)N(C)C.C=CC(=O)OC.C=COC(C)=O.C=Cc1ccc(C)cc1. The zero-order valence-corrected chi connectivity index (χ0v) is 27.8. The molecule has 1 amide bonds. The first-order valence-corrected chi connectivity index (χ1v) is 12.6. The van der Waals surface area contributed by atoms with Crippen LogP contribution in [-0.2, 0) is 33.4 Å². The summed E-state index contributed by atoms with van der Waals surface area (Å²) >= 11 is 0. The normalized spacial score (nSPS) is 7.86. The van der Waals surface area contributed by atoms with E-state index in [9.17, 15) is 19.2 Å². The van der Waals surface area contributed by atoms with Crippen molar-refractivity contribution in [2.75, 3.05) is 42.4 Å². The van der Waals surface area contributed by atoms with Crippen LogP contribution in [0.2, 0.25) is 0 Å². The maximum atomic E-state index is 10.3. The van der Waals surface area contributed by atoms with Crippen LogP contribution in [0.15, 0.2) is 106 Å². The Morgan fingerprint density at radius 1 is 0.721 bits per heavy atom. The molecule has 0 fully saturated rings. The molecule has 240 valence electrons. The fourth-order valence-corrected chi connectivity index (χ4v) is 1.64. The van der Waals surface area contributed by atoms with Crippen LogP contribution in [-0.4, -0.2) is 76.0 Å². The number of aryl methyl sites for hydroxylation is 1. The summed E-state index contributed by atoms with van der Waals surface area (Å²) in [7, 11) is 9.92. The predicted octanol–water partition coefficient (Wildman–Crippen LogP) is 6.31. The number of esters is 3. The summed E-state index contributed by atoms with van der Waals surface area (Å²) in [6.07, 6.45) is 5.34. The van der Waals surface area contributed by atoms with Gasteiger partial charge in [0.05, 0.1) is 20.5 Å². The first kappa shape index (κ1) is 47.8. The minimum Gasteiger partial charge on any atom is -0.466 e. The molecule has 0 aromatic heterocycles. The second-order valence-electron chi connectivity index (χ2n) is 8.45. The lowest BCUT2D eigenvalue weighted by Crippen LogP contribution is -2.18. The molecule has 9 nitrogen and oxygen atoms in total. The van der Waals surface area contributed by atoms with E-state index in [0.29, 0.717) is 5.57 Å². The average molecular weight is 601 g/mol. The van der Waals surface area contributed by atoms with Crippen molar-refractivity contribution in [3.05, 3.63) is 117 Å². The highest BCUT2D eigenvalue weighted by molar-refractivity contribution is 5.87. The van der Waals surface area contributed by atoms with Gasteiger partial charge < -0.3 is 24.0 Å². The Morgan fingerprint density at radius 2 is 1.19 bits per heavy atom. The second-order valence-corrected chi connectivity index (χ2v) is 8.45.